The van der Waals surface area contributed by atoms with Gasteiger partial charge in [0.15, 0.2) is 0 Å². The van der Waals surface area contributed by atoms with Gasteiger partial charge in [-0.25, -0.2) is 4.98 Å². The van der Waals surface area contributed by atoms with Crippen molar-refractivity contribution in [1.29, 1.82) is 0 Å². The number of hydrogen-bond acceptors (Lipinski definition) is 6. The van der Waals surface area contributed by atoms with Gasteiger partial charge in [0.2, 0.25) is 5.95 Å². The van der Waals surface area contributed by atoms with E-state index in [1.165, 1.54) is 0 Å². The van der Waals surface area contributed by atoms with E-state index in [1.54, 1.807) is 0 Å². The number of rotatable bonds is 4. The molecule has 1 aromatic rings. The summed E-state index contributed by atoms with van der Waals surface area (Å²) in [6.45, 7) is 7.06. The fraction of sp³-hybridized carbons (Fsp3) is 0.714. The van der Waals surface area contributed by atoms with Gasteiger partial charge in [-0.1, -0.05) is 0 Å². The lowest BCUT2D eigenvalue weighted by atomic mass is 10.2. The SMILES string of the molecule is Cc1cnc(N2C[C@@H](O)[C@H](OC(C)C)C2)nc1N(C)C. The molecule has 1 aliphatic rings. The monoisotopic (exact) mass is 280 g/mol. The van der Waals surface area contributed by atoms with Crippen LogP contribution < -0.4 is 9.80 Å². The molecule has 1 aliphatic heterocycles. The molecule has 20 heavy (non-hydrogen) atoms. The molecule has 2 heterocycles. The Balaban J connectivity index is 2.15. The van der Waals surface area contributed by atoms with E-state index in [2.05, 4.69) is 9.97 Å². The van der Waals surface area contributed by atoms with E-state index in [0.717, 1.165) is 11.4 Å². The smallest absolute Gasteiger partial charge is 0.227 e. The maximum absolute atomic E-state index is 10.1. The summed E-state index contributed by atoms with van der Waals surface area (Å²) in [5, 5.41) is 10.1. The number of aliphatic hydroxyl groups is 1. The zero-order valence-corrected chi connectivity index (χ0v) is 12.9. The Kier molecular flexibility index (Phi) is 4.45. The number of nitrogens with zero attached hydrogens (tertiary/aromatic N) is 4. The number of β-amino-alcohol motifs (C(OH)–C–C–N with tert-alkyl or cyclic N) is 1. The van der Waals surface area contributed by atoms with Gasteiger partial charge in [-0.15, -0.1) is 0 Å². The molecule has 6 nitrogen and oxygen atoms in total. The summed E-state index contributed by atoms with van der Waals surface area (Å²) in [7, 11) is 3.92. The quantitative estimate of drug-likeness (QED) is 0.881. The third-order valence-corrected chi connectivity index (χ3v) is 3.32. The van der Waals surface area contributed by atoms with Crippen molar-refractivity contribution < 1.29 is 9.84 Å². The van der Waals surface area contributed by atoms with Gasteiger partial charge in [0.1, 0.15) is 11.9 Å². The molecule has 0 aliphatic carbocycles. The van der Waals surface area contributed by atoms with Gasteiger partial charge in [-0.3, -0.25) is 0 Å². The molecule has 2 atom stereocenters. The van der Waals surface area contributed by atoms with Crippen LogP contribution in [0.15, 0.2) is 6.20 Å². The Labute approximate surface area is 120 Å². The van der Waals surface area contributed by atoms with Crippen LogP contribution in [0, 0.1) is 6.92 Å². The second kappa shape index (κ2) is 5.93. The summed E-state index contributed by atoms with van der Waals surface area (Å²) in [5.41, 5.74) is 1.04. The number of anilines is 2. The van der Waals surface area contributed by atoms with Crippen molar-refractivity contribution in [2.45, 2.75) is 39.1 Å². The minimum Gasteiger partial charge on any atom is -0.388 e. The predicted octanol–water partition coefficient (Wildman–Crippen LogP) is 0.826. The van der Waals surface area contributed by atoms with Crippen LogP contribution in [-0.2, 0) is 4.74 Å². The molecule has 0 aromatic carbocycles. The second-order valence-corrected chi connectivity index (χ2v) is 5.77. The Morgan fingerprint density at radius 1 is 1.40 bits per heavy atom. The summed E-state index contributed by atoms with van der Waals surface area (Å²) in [6.07, 6.45) is 1.25. The van der Waals surface area contributed by atoms with Crippen molar-refractivity contribution in [1.82, 2.24) is 9.97 Å². The average molecular weight is 280 g/mol. The van der Waals surface area contributed by atoms with E-state index in [-0.39, 0.29) is 12.2 Å². The molecule has 0 unspecified atom stereocenters. The largest absolute Gasteiger partial charge is 0.388 e. The Morgan fingerprint density at radius 2 is 2.10 bits per heavy atom. The van der Waals surface area contributed by atoms with Crippen LogP contribution in [0.4, 0.5) is 11.8 Å². The molecule has 6 heteroatoms. The van der Waals surface area contributed by atoms with Crippen molar-refractivity contribution in [3.63, 3.8) is 0 Å². The Morgan fingerprint density at radius 3 is 2.70 bits per heavy atom. The molecule has 0 radical (unpaired) electrons. The first-order valence-corrected chi connectivity index (χ1v) is 6.98. The maximum Gasteiger partial charge on any atom is 0.227 e. The Hall–Kier alpha value is -1.40. The van der Waals surface area contributed by atoms with Crippen molar-refractivity contribution in [2.75, 3.05) is 37.0 Å². The van der Waals surface area contributed by atoms with Gasteiger partial charge >= 0.3 is 0 Å². The lowest BCUT2D eigenvalue weighted by Crippen LogP contribution is -2.29. The topological polar surface area (TPSA) is 61.7 Å². The molecule has 1 saturated heterocycles. The number of hydrogen-bond donors (Lipinski definition) is 1. The van der Waals surface area contributed by atoms with Gasteiger partial charge in [-0.05, 0) is 20.8 Å². The highest BCUT2D eigenvalue weighted by molar-refractivity contribution is 5.49. The average Bonchev–Trinajstić information content (AvgIpc) is 2.70. The van der Waals surface area contributed by atoms with Crippen molar-refractivity contribution >= 4 is 11.8 Å². The molecule has 0 bridgehead atoms. The zero-order valence-electron chi connectivity index (χ0n) is 12.9. The van der Waals surface area contributed by atoms with Crippen LogP contribution >= 0.6 is 0 Å². The summed E-state index contributed by atoms with van der Waals surface area (Å²) >= 11 is 0. The lowest BCUT2D eigenvalue weighted by Gasteiger charge is -2.20. The van der Waals surface area contributed by atoms with Gasteiger partial charge in [0.25, 0.3) is 0 Å². The summed E-state index contributed by atoms with van der Waals surface area (Å²) in [4.78, 5) is 12.9. The molecule has 1 N–H and O–H groups in total. The molecule has 0 amide bonds. The first-order chi connectivity index (χ1) is 9.38. The van der Waals surface area contributed by atoms with E-state index < -0.39 is 6.10 Å². The number of ether oxygens (including phenoxy) is 1. The molecule has 0 spiro atoms. The first-order valence-electron chi connectivity index (χ1n) is 6.98. The normalized spacial score (nSPS) is 22.6. The number of aromatic nitrogens is 2. The first kappa shape index (κ1) is 15.0. The highest BCUT2D eigenvalue weighted by Gasteiger charge is 2.34. The summed E-state index contributed by atoms with van der Waals surface area (Å²) < 4.78 is 5.72. The maximum atomic E-state index is 10.1. The van der Waals surface area contributed by atoms with E-state index in [9.17, 15) is 5.11 Å². The van der Waals surface area contributed by atoms with Gasteiger partial charge < -0.3 is 19.6 Å². The highest BCUT2D eigenvalue weighted by atomic mass is 16.5. The van der Waals surface area contributed by atoms with Gasteiger partial charge in [-0.2, -0.15) is 4.98 Å². The highest BCUT2D eigenvalue weighted by Crippen LogP contribution is 2.23. The summed E-state index contributed by atoms with van der Waals surface area (Å²) in [6, 6.07) is 0. The molecular weight excluding hydrogens is 256 g/mol. The van der Waals surface area contributed by atoms with E-state index in [4.69, 9.17) is 4.74 Å². The fourth-order valence-electron chi connectivity index (χ4n) is 2.43. The van der Waals surface area contributed by atoms with E-state index >= 15 is 0 Å². The molecule has 0 saturated carbocycles. The lowest BCUT2D eigenvalue weighted by molar-refractivity contribution is -0.0386. The van der Waals surface area contributed by atoms with Crippen LogP contribution in [0.3, 0.4) is 0 Å². The molecule has 112 valence electrons. The van der Waals surface area contributed by atoms with E-state index in [1.807, 2.05) is 50.9 Å². The number of aryl methyl sites for hydroxylation is 1. The van der Waals surface area contributed by atoms with Crippen LogP contribution in [0.2, 0.25) is 0 Å². The van der Waals surface area contributed by atoms with Crippen molar-refractivity contribution in [3.05, 3.63) is 11.8 Å². The molecule has 2 rings (SSSR count). The van der Waals surface area contributed by atoms with E-state index in [0.29, 0.717) is 19.0 Å². The van der Waals surface area contributed by atoms with Crippen molar-refractivity contribution in [3.8, 4) is 0 Å². The van der Waals surface area contributed by atoms with Gasteiger partial charge in [0.05, 0.1) is 12.2 Å². The molecule has 1 aromatic heterocycles. The second-order valence-electron chi connectivity index (χ2n) is 5.77. The van der Waals surface area contributed by atoms with Crippen LogP contribution in [0.5, 0.6) is 0 Å². The molecular formula is C14H24N4O2. The summed E-state index contributed by atoms with van der Waals surface area (Å²) in [5.74, 6) is 1.55. The Bertz CT molecular complexity index is 464. The van der Waals surface area contributed by atoms with Gasteiger partial charge in [0, 0.05) is 38.9 Å². The van der Waals surface area contributed by atoms with Crippen LogP contribution in [0.25, 0.3) is 0 Å². The minimum atomic E-state index is -0.495. The zero-order chi connectivity index (χ0) is 14.9. The van der Waals surface area contributed by atoms with Crippen LogP contribution in [0.1, 0.15) is 19.4 Å². The fourth-order valence-corrected chi connectivity index (χ4v) is 2.43. The molecule has 1 fully saturated rings. The van der Waals surface area contributed by atoms with Crippen LogP contribution in [-0.4, -0.2) is 60.6 Å². The standard InChI is InChI=1S/C14H24N4O2/c1-9(2)20-12-8-18(7-11(12)19)14-15-6-10(3)13(16-14)17(4)5/h6,9,11-12,19H,7-8H2,1-5H3/t11-,12-/m1/s1. The third kappa shape index (κ3) is 3.19. The number of aliphatic hydroxyl groups excluding tert-OH is 1. The predicted molar refractivity (Wildman–Crippen MR) is 79.3 cm³/mol. The van der Waals surface area contributed by atoms with Crippen molar-refractivity contribution in [2.24, 2.45) is 0 Å². The third-order valence-electron chi connectivity index (χ3n) is 3.32. The minimum absolute atomic E-state index is 0.103.